The Hall–Kier alpha value is -0.630. The van der Waals surface area contributed by atoms with Crippen molar-refractivity contribution < 1.29 is 8.42 Å². The summed E-state index contributed by atoms with van der Waals surface area (Å²) in [5, 5.41) is 0. The van der Waals surface area contributed by atoms with E-state index >= 15 is 0 Å². The quantitative estimate of drug-likeness (QED) is 0.766. The van der Waals surface area contributed by atoms with Gasteiger partial charge in [-0.2, -0.15) is 17.0 Å². The molecule has 1 atom stereocenters. The van der Waals surface area contributed by atoms with Crippen LogP contribution in [0.4, 0.5) is 0 Å². The first-order valence-corrected chi connectivity index (χ1v) is 8.65. The van der Waals surface area contributed by atoms with Gasteiger partial charge in [-0.05, 0) is 12.8 Å². The van der Waals surface area contributed by atoms with Gasteiger partial charge < -0.3 is 4.57 Å². The average molecular weight is 321 g/mol. The van der Waals surface area contributed by atoms with Crippen molar-refractivity contribution in [2.75, 3.05) is 19.5 Å². The highest BCUT2D eigenvalue weighted by molar-refractivity contribution is 7.86. The van der Waals surface area contributed by atoms with Gasteiger partial charge in [-0.3, -0.25) is 0 Å². The van der Waals surface area contributed by atoms with E-state index in [9.17, 15) is 8.42 Å². The molecule has 0 radical (unpaired) electrons. The summed E-state index contributed by atoms with van der Waals surface area (Å²) in [6.45, 7) is 0.808. The molecular weight excluding hydrogens is 300 g/mol. The molecule has 8 heteroatoms. The molecule has 6 nitrogen and oxygen atoms in total. The Morgan fingerprint density at radius 2 is 2.25 bits per heavy atom. The molecule has 0 aliphatic carbocycles. The molecule has 1 aliphatic heterocycles. The first-order chi connectivity index (χ1) is 9.46. The summed E-state index contributed by atoms with van der Waals surface area (Å²) in [5.74, 6) is 1.06. The predicted octanol–water partition coefficient (Wildman–Crippen LogP) is 1.19. The van der Waals surface area contributed by atoms with Crippen molar-refractivity contribution in [1.29, 1.82) is 0 Å². The average Bonchev–Trinajstić information content (AvgIpc) is 2.84. The number of hydrogen-bond donors (Lipinski definition) is 0. The fourth-order valence-corrected chi connectivity index (χ4v) is 4.40. The molecule has 0 N–H and O–H groups in total. The Labute approximate surface area is 125 Å². The molecule has 1 aromatic rings. The van der Waals surface area contributed by atoms with Crippen LogP contribution in [0, 0.1) is 0 Å². The molecule has 1 aromatic heterocycles. The summed E-state index contributed by atoms with van der Waals surface area (Å²) < 4.78 is 30.0. The Morgan fingerprint density at radius 3 is 2.85 bits per heavy atom. The number of halogens is 1. The fraction of sp³-hybridized carbons (Fsp3) is 0.750. The molecule has 0 amide bonds. The molecule has 1 fully saturated rings. The van der Waals surface area contributed by atoms with E-state index in [1.807, 2.05) is 11.6 Å². The van der Waals surface area contributed by atoms with E-state index in [2.05, 4.69) is 4.98 Å². The van der Waals surface area contributed by atoms with E-state index in [0.717, 1.165) is 25.1 Å². The van der Waals surface area contributed by atoms with Crippen molar-refractivity contribution in [1.82, 2.24) is 18.2 Å². The second-order valence-electron chi connectivity index (χ2n) is 5.13. The van der Waals surface area contributed by atoms with Gasteiger partial charge in [0.15, 0.2) is 0 Å². The van der Waals surface area contributed by atoms with Crippen LogP contribution in [-0.2, 0) is 23.8 Å². The molecule has 0 spiro atoms. The minimum atomic E-state index is -3.49. The summed E-state index contributed by atoms with van der Waals surface area (Å²) in [4.78, 5) is 4.17. The number of aromatic nitrogens is 2. The lowest BCUT2D eigenvalue weighted by Crippen LogP contribution is -2.50. The number of aryl methyl sites for hydroxylation is 1. The van der Waals surface area contributed by atoms with Crippen molar-refractivity contribution in [3.05, 3.63) is 18.2 Å². The van der Waals surface area contributed by atoms with Gasteiger partial charge >= 0.3 is 0 Å². The maximum absolute atomic E-state index is 12.6. The van der Waals surface area contributed by atoms with Gasteiger partial charge in [0.2, 0.25) is 0 Å². The van der Waals surface area contributed by atoms with Crippen molar-refractivity contribution in [3.8, 4) is 0 Å². The summed E-state index contributed by atoms with van der Waals surface area (Å²) in [6, 6.07) is -0.0979. The lowest BCUT2D eigenvalue weighted by atomic mass is 10.1. The predicted molar refractivity (Wildman–Crippen MR) is 78.7 cm³/mol. The standard InChI is InChI=1S/C12H21ClN4O2S/c1-15-8-6-14-12(15)10-16(2)20(18,19)17-7-4-3-5-11(17)9-13/h6,8,11H,3-5,7,9-10H2,1-2H3. The molecule has 2 heterocycles. The van der Waals surface area contributed by atoms with Crippen LogP contribution < -0.4 is 0 Å². The third kappa shape index (κ3) is 3.16. The van der Waals surface area contributed by atoms with E-state index in [-0.39, 0.29) is 12.6 Å². The van der Waals surface area contributed by atoms with Crippen molar-refractivity contribution in [2.45, 2.75) is 31.8 Å². The van der Waals surface area contributed by atoms with Gasteiger partial charge in [0, 0.05) is 45.0 Å². The number of nitrogens with zero attached hydrogens (tertiary/aromatic N) is 4. The van der Waals surface area contributed by atoms with E-state index in [1.54, 1.807) is 19.4 Å². The maximum Gasteiger partial charge on any atom is 0.282 e. The topological polar surface area (TPSA) is 58.4 Å². The number of alkyl halides is 1. The minimum Gasteiger partial charge on any atom is -0.337 e. The lowest BCUT2D eigenvalue weighted by molar-refractivity contribution is 0.250. The van der Waals surface area contributed by atoms with E-state index in [0.29, 0.717) is 12.4 Å². The van der Waals surface area contributed by atoms with Gasteiger partial charge in [-0.15, -0.1) is 11.6 Å². The van der Waals surface area contributed by atoms with Crippen LogP contribution in [0.1, 0.15) is 25.1 Å². The van der Waals surface area contributed by atoms with Crippen LogP contribution in [-0.4, -0.2) is 52.1 Å². The van der Waals surface area contributed by atoms with Crippen LogP contribution in [0.3, 0.4) is 0 Å². The summed E-state index contributed by atoms with van der Waals surface area (Å²) in [6.07, 6.45) is 6.23. The zero-order chi connectivity index (χ0) is 14.8. The number of rotatable bonds is 5. The molecule has 1 saturated heterocycles. The molecule has 0 aromatic carbocycles. The highest BCUT2D eigenvalue weighted by Crippen LogP contribution is 2.23. The van der Waals surface area contributed by atoms with Crippen LogP contribution in [0.5, 0.6) is 0 Å². The molecule has 0 saturated carbocycles. The van der Waals surface area contributed by atoms with Crippen LogP contribution in [0.25, 0.3) is 0 Å². The van der Waals surface area contributed by atoms with Crippen molar-refractivity contribution in [2.24, 2.45) is 7.05 Å². The van der Waals surface area contributed by atoms with Gasteiger partial charge in [-0.1, -0.05) is 6.42 Å². The highest BCUT2D eigenvalue weighted by atomic mass is 35.5. The Kier molecular flexibility index (Phi) is 5.06. The summed E-state index contributed by atoms with van der Waals surface area (Å²) >= 11 is 5.91. The summed E-state index contributed by atoms with van der Waals surface area (Å²) in [5.41, 5.74) is 0. The van der Waals surface area contributed by atoms with Crippen molar-refractivity contribution in [3.63, 3.8) is 0 Å². The molecular formula is C12H21ClN4O2S. The van der Waals surface area contributed by atoms with Gasteiger partial charge in [0.25, 0.3) is 10.2 Å². The Balaban J connectivity index is 2.14. The highest BCUT2D eigenvalue weighted by Gasteiger charge is 2.34. The van der Waals surface area contributed by atoms with Gasteiger partial charge in [-0.25, -0.2) is 4.98 Å². The van der Waals surface area contributed by atoms with Crippen LogP contribution >= 0.6 is 11.6 Å². The first-order valence-electron chi connectivity index (χ1n) is 6.72. The van der Waals surface area contributed by atoms with Crippen LogP contribution in [0.15, 0.2) is 12.4 Å². The number of piperidine rings is 1. The Bertz CT molecular complexity index is 545. The minimum absolute atomic E-state index is 0.0979. The third-order valence-corrected chi connectivity index (χ3v) is 6.07. The zero-order valence-corrected chi connectivity index (χ0v) is 13.4. The molecule has 0 bridgehead atoms. The smallest absolute Gasteiger partial charge is 0.282 e. The molecule has 20 heavy (non-hydrogen) atoms. The fourth-order valence-electron chi connectivity index (χ4n) is 2.44. The van der Waals surface area contributed by atoms with Gasteiger partial charge in [0.1, 0.15) is 5.82 Å². The SMILES string of the molecule is CN(Cc1nccn1C)S(=O)(=O)N1CCCCC1CCl. The van der Waals surface area contributed by atoms with Gasteiger partial charge in [0.05, 0.1) is 6.54 Å². The Morgan fingerprint density at radius 1 is 1.50 bits per heavy atom. The second kappa shape index (κ2) is 6.43. The van der Waals surface area contributed by atoms with E-state index in [4.69, 9.17) is 11.6 Å². The molecule has 1 aliphatic rings. The second-order valence-corrected chi connectivity index (χ2v) is 7.43. The molecule has 2 rings (SSSR count). The lowest BCUT2D eigenvalue weighted by Gasteiger charge is -2.35. The molecule has 114 valence electrons. The third-order valence-electron chi connectivity index (χ3n) is 3.73. The number of imidazole rings is 1. The monoisotopic (exact) mass is 320 g/mol. The number of hydrogen-bond acceptors (Lipinski definition) is 3. The largest absolute Gasteiger partial charge is 0.337 e. The van der Waals surface area contributed by atoms with E-state index < -0.39 is 10.2 Å². The van der Waals surface area contributed by atoms with Crippen LogP contribution in [0.2, 0.25) is 0 Å². The van der Waals surface area contributed by atoms with Crippen molar-refractivity contribution >= 4 is 21.8 Å². The van der Waals surface area contributed by atoms with E-state index in [1.165, 1.54) is 8.61 Å². The maximum atomic E-state index is 12.6. The first kappa shape index (κ1) is 15.8. The molecule has 1 unspecified atom stereocenters. The normalized spacial score (nSPS) is 21.5. The zero-order valence-electron chi connectivity index (χ0n) is 11.9. The summed E-state index contributed by atoms with van der Waals surface area (Å²) in [7, 11) is -0.0476.